The van der Waals surface area contributed by atoms with E-state index in [0.717, 1.165) is 24.2 Å². The van der Waals surface area contributed by atoms with E-state index in [4.69, 9.17) is 14.2 Å². The molecule has 1 heterocycles. The summed E-state index contributed by atoms with van der Waals surface area (Å²) in [4.78, 5) is 0. The molecule has 1 unspecified atom stereocenters. The molecule has 1 saturated heterocycles. The molecule has 1 aliphatic heterocycles. The van der Waals surface area contributed by atoms with Crippen LogP contribution < -0.4 is 4.74 Å². The van der Waals surface area contributed by atoms with Crippen molar-refractivity contribution < 1.29 is 19.3 Å². The fraction of sp³-hybridized carbons (Fsp3) is 0.571. The molecule has 18 heavy (non-hydrogen) atoms. The molecule has 0 aromatic heterocycles. The van der Waals surface area contributed by atoms with Gasteiger partial charge in [-0.1, -0.05) is 12.1 Å². The van der Waals surface area contributed by atoms with Crippen molar-refractivity contribution in [2.75, 3.05) is 13.2 Å². The number of hydrogen-bond donors (Lipinski definition) is 1. The van der Waals surface area contributed by atoms with Gasteiger partial charge < -0.3 is 19.3 Å². The molecule has 4 nitrogen and oxygen atoms in total. The van der Waals surface area contributed by atoms with E-state index in [0.29, 0.717) is 25.7 Å². The molecule has 0 radical (unpaired) electrons. The van der Waals surface area contributed by atoms with Crippen LogP contribution in [0.4, 0.5) is 0 Å². The summed E-state index contributed by atoms with van der Waals surface area (Å²) in [5.74, 6) is 0.835. The van der Waals surface area contributed by atoms with Crippen molar-refractivity contribution in [3.05, 3.63) is 29.8 Å². The van der Waals surface area contributed by atoms with E-state index in [-0.39, 0.29) is 6.29 Å². The van der Waals surface area contributed by atoms with Crippen LogP contribution in [-0.2, 0) is 9.47 Å². The fourth-order valence-corrected chi connectivity index (χ4v) is 2.04. The third kappa shape index (κ3) is 3.02. The average Bonchev–Trinajstić information content (AvgIpc) is 3.04. The van der Waals surface area contributed by atoms with Crippen LogP contribution in [0.2, 0.25) is 0 Å². The Hall–Kier alpha value is -1.10. The molecule has 1 atom stereocenters. The van der Waals surface area contributed by atoms with Gasteiger partial charge in [0.25, 0.3) is 0 Å². The zero-order valence-corrected chi connectivity index (χ0v) is 10.2. The summed E-state index contributed by atoms with van der Waals surface area (Å²) in [6, 6.07) is 7.64. The quantitative estimate of drug-likeness (QED) is 0.868. The van der Waals surface area contributed by atoms with Gasteiger partial charge in [-0.25, -0.2) is 0 Å². The van der Waals surface area contributed by atoms with Crippen LogP contribution in [-0.4, -0.2) is 30.7 Å². The van der Waals surface area contributed by atoms with Gasteiger partial charge in [0.1, 0.15) is 5.75 Å². The molecule has 4 heteroatoms. The highest BCUT2D eigenvalue weighted by Crippen LogP contribution is 2.29. The molecule has 0 bridgehead atoms. The Kier molecular flexibility index (Phi) is 3.50. The van der Waals surface area contributed by atoms with E-state index >= 15 is 0 Å². The highest BCUT2D eigenvalue weighted by molar-refractivity contribution is 5.30. The predicted octanol–water partition coefficient (Wildman–Crippen LogP) is 2.02. The lowest BCUT2D eigenvalue weighted by molar-refractivity contribution is -0.0708. The summed E-state index contributed by atoms with van der Waals surface area (Å²) in [5.41, 5.74) is 0.854. The molecule has 1 aromatic rings. The van der Waals surface area contributed by atoms with Crippen molar-refractivity contribution in [2.45, 2.75) is 37.8 Å². The molecule has 3 rings (SSSR count). The zero-order valence-electron chi connectivity index (χ0n) is 10.2. The van der Waals surface area contributed by atoms with Crippen molar-refractivity contribution >= 4 is 0 Å². The Morgan fingerprint density at radius 1 is 1.28 bits per heavy atom. The Bertz CT molecular complexity index is 397. The lowest BCUT2D eigenvalue weighted by Crippen LogP contribution is -2.13. The summed E-state index contributed by atoms with van der Waals surface area (Å²) in [6.07, 6.45) is 2.25. The van der Waals surface area contributed by atoms with Crippen molar-refractivity contribution in [1.29, 1.82) is 0 Å². The van der Waals surface area contributed by atoms with Gasteiger partial charge in [-0.15, -0.1) is 0 Å². The predicted molar refractivity (Wildman–Crippen MR) is 65.4 cm³/mol. The summed E-state index contributed by atoms with van der Waals surface area (Å²) >= 11 is 0. The monoisotopic (exact) mass is 250 g/mol. The van der Waals surface area contributed by atoms with E-state index in [2.05, 4.69) is 0 Å². The Morgan fingerprint density at radius 3 is 2.78 bits per heavy atom. The SMILES string of the molecule is OC(CC1OCCO1)c1cccc(OC2CC2)c1. The minimum atomic E-state index is -0.573. The van der Waals surface area contributed by atoms with E-state index in [9.17, 15) is 5.11 Å². The maximum Gasteiger partial charge on any atom is 0.160 e. The van der Waals surface area contributed by atoms with Crippen LogP contribution in [0.1, 0.15) is 30.9 Å². The maximum absolute atomic E-state index is 10.1. The molecule has 98 valence electrons. The number of benzene rings is 1. The van der Waals surface area contributed by atoms with Gasteiger partial charge in [0.15, 0.2) is 6.29 Å². The van der Waals surface area contributed by atoms with Gasteiger partial charge in [-0.2, -0.15) is 0 Å². The molecule has 2 aliphatic rings. The maximum atomic E-state index is 10.1. The summed E-state index contributed by atoms with van der Waals surface area (Å²) in [7, 11) is 0. The van der Waals surface area contributed by atoms with Gasteiger partial charge >= 0.3 is 0 Å². The highest BCUT2D eigenvalue weighted by Gasteiger charge is 2.24. The zero-order chi connectivity index (χ0) is 12.4. The normalized spacial score (nSPS) is 22.1. The van der Waals surface area contributed by atoms with Gasteiger partial charge in [-0.05, 0) is 30.5 Å². The second kappa shape index (κ2) is 5.26. The van der Waals surface area contributed by atoms with E-state index in [1.54, 1.807) is 0 Å². The van der Waals surface area contributed by atoms with Gasteiger partial charge in [0.2, 0.25) is 0 Å². The molecular formula is C14H18O4. The number of aliphatic hydroxyl groups is 1. The smallest absolute Gasteiger partial charge is 0.160 e. The lowest BCUT2D eigenvalue weighted by atomic mass is 10.1. The van der Waals surface area contributed by atoms with Crippen LogP contribution in [0.25, 0.3) is 0 Å². The van der Waals surface area contributed by atoms with Gasteiger partial charge in [0, 0.05) is 6.42 Å². The van der Waals surface area contributed by atoms with E-state index in [1.807, 2.05) is 24.3 Å². The molecule has 0 spiro atoms. The summed E-state index contributed by atoms with van der Waals surface area (Å²) < 4.78 is 16.4. The number of aliphatic hydroxyl groups excluding tert-OH is 1. The first-order chi connectivity index (χ1) is 8.81. The van der Waals surface area contributed by atoms with Crippen LogP contribution >= 0.6 is 0 Å². The Morgan fingerprint density at radius 2 is 2.06 bits per heavy atom. The van der Waals surface area contributed by atoms with Crippen LogP contribution in [0, 0.1) is 0 Å². The molecule has 1 N–H and O–H groups in total. The Balaban J connectivity index is 1.62. The second-order valence-corrected chi connectivity index (χ2v) is 4.81. The largest absolute Gasteiger partial charge is 0.490 e. The van der Waals surface area contributed by atoms with Crippen LogP contribution in [0.15, 0.2) is 24.3 Å². The second-order valence-electron chi connectivity index (χ2n) is 4.81. The third-order valence-electron chi connectivity index (χ3n) is 3.18. The topological polar surface area (TPSA) is 47.9 Å². The summed E-state index contributed by atoms with van der Waals surface area (Å²) in [6.45, 7) is 1.23. The lowest BCUT2D eigenvalue weighted by Gasteiger charge is -2.16. The fourth-order valence-electron chi connectivity index (χ4n) is 2.04. The first-order valence-electron chi connectivity index (χ1n) is 6.49. The van der Waals surface area contributed by atoms with Crippen molar-refractivity contribution in [3.8, 4) is 5.75 Å². The summed E-state index contributed by atoms with van der Waals surface area (Å²) in [5, 5.41) is 10.1. The molecule has 1 aliphatic carbocycles. The minimum absolute atomic E-state index is 0.284. The molecule has 2 fully saturated rings. The van der Waals surface area contributed by atoms with Gasteiger partial charge in [0.05, 0.1) is 25.4 Å². The number of hydrogen-bond acceptors (Lipinski definition) is 4. The first kappa shape index (κ1) is 12.0. The van der Waals surface area contributed by atoms with E-state index in [1.165, 1.54) is 0 Å². The Labute approximate surface area is 106 Å². The number of rotatable bonds is 5. The van der Waals surface area contributed by atoms with Gasteiger partial charge in [-0.3, -0.25) is 0 Å². The molecule has 1 saturated carbocycles. The molecular weight excluding hydrogens is 232 g/mol. The van der Waals surface area contributed by atoms with Crippen molar-refractivity contribution in [3.63, 3.8) is 0 Å². The third-order valence-corrected chi connectivity index (χ3v) is 3.18. The number of ether oxygens (including phenoxy) is 3. The molecule has 1 aromatic carbocycles. The molecule has 0 amide bonds. The van der Waals surface area contributed by atoms with Crippen LogP contribution in [0.5, 0.6) is 5.75 Å². The van der Waals surface area contributed by atoms with Crippen molar-refractivity contribution in [1.82, 2.24) is 0 Å². The minimum Gasteiger partial charge on any atom is -0.490 e. The average molecular weight is 250 g/mol. The highest BCUT2D eigenvalue weighted by atomic mass is 16.7. The standard InChI is InChI=1S/C14H18O4/c15-13(9-14-16-6-7-17-14)10-2-1-3-12(8-10)18-11-4-5-11/h1-3,8,11,13-15H,4-7,9H2. The van der Waals surface area contributed by atoms with Crippen LogP contribution in [0.3, 0.4) is 0 Å². The van der Waals surface area contributed by atoms with E-state index < -0.39 is 6.10 Å². The van der Waals surface area contributed by atoms with Crippen molar-refractivity contribution in [2.24, 2.45) is 0 Å². The first-order valence-corrected chi connectivity index (χ1v) is 6.49.